The Morgan fingerprint density at radius 3 is 2.86 bits per heavy atom. The molecule has 0 fully saturated rings. The fourth-order valence-corrected chi connectivity index (χ4v) is 1.66. The highest BCUT2D eigenvalue weighted by Gasteiger charge is 2.10. The van der Waals surface area contributed by atoms with Gasteiger partial charge in [-0.3, -0.25) is 4.79 Å². The molecule has 2 N–H and O–H groups in total. The van der Waals surface area contributed by atoms with Crippen LogP contribution in [0.15, 0.2) is 30.5 Å². The van der Waals surface area contributed by atoms with Crippen LogP contribution in [0.2, 0.25) is 0 Å². The van der Waals surface area contributed by atoms with Crippen LogP contribution in [0.3, 0.4) is 0 Å². The Kier molecular flexibility index (Phi) is 7.51. The van der Waals surface area contributed by atoms with Gasteiger partial charge in [-0.2, -0.15) is 0 Å². The largest absolute Gasteiger partial charge is 0.476 e. The summed E-state index contributed by atoms with van der Waals surface area (Å²) in [7, 11) is 1.50. The smallest absolute Gasteiger partial charge is 0.407 e. The number of amides is 2. The standard InChI is InChI=1S/C13H16IN3O4/c1-15-11(18)3-2-6-17(13(19)20)7-8-21-12-5-4-10(14)9-16-12/h2-5,9H,6-8H2,1H3,(H,15,18)(H,19,20). The molecule has 0 aromatic carbocycles. The zero-order valence-corrected chi connectivity index (χ0v) is 13.6. The number of halogens is 1. The van der Waals surface area contributed by atoms with Gasteiger partial charge in [0.05, 0.1) is 6.54 Å². The number of carbonyl (C=O) groups excluding carboxylic acids is 1. The van der Waals surface area contributed by atoms with Crippen molar-refractivity contribution in [3.05, 3.63) is 34.1 Å². The Morgan fingerprint density at radius 2 is 2.29 bits per heavy atom. The lowest BCUT2D eigenvalue weighted by molar-refractivity contribution is -0.116. The number of likely N-dealkylation sites (N-methyl/N-ethyl adjacent to an activating group) is 1. The predicted molar refractivity (Wildman–Crippen MR) is 85.3 cm³/mol. The van der Waals surface area contributed by atoms with Gasteiger partial charge < -0.3 is 20.1 Å². The van der Waals surface area contributed by atoms with Crippen LogP contribution in [0.4, 0.5) is 4.79 Å². The van der Waals surface area contributed by atoms with Crippen molar-refractivity contribution in [1.29, 1.82) is 0 Å². The molecule has 0 atom stereocenters. The molecule has 1 aromatic heterocycles. The maximum Gasteiger partial charge on any atom is 0.407 e. The predicted octanol–water partition coefficient (Wildman–Crippen LogP) is 1.35. The Bertz CT molecular complexity index is 505. The Hall–Kier alpha value is -1.84. The third kappa shape index (κ3) is 6.93. The quantitative estimate of drug-likeness (QED) is 0.528. The summed E-state index contributed by atoms with van der Waals surface area (Å²) in [4.78, 5) is 27.2. The van der Waals surface area contributed by atoms with Gasteiger partial charge in [0.25, 0.3) is 0 Å². The summed E-state index contributed by atoms with van der Waals surface area (Å²) in [5.74, 6) is 0.168. The summed E-state index contributed by atoms with van der Waals surface area (Å²) < 4.78 is 6.36. The minimum absolute atomic E-state index is 0.117. The third-order valence-corrected chi connectivity index (χ3v) is 3.06. The van der Waals surface area contributed by atoms with E-state index in [-0.39, 0.29) is 25.6 Å². The molecule has 0 radical (unpaired) electrons. The van der Waals surface area contributed by atoms with E-state index in [1.807, 2.05) is 6.07 Å². The van der Waals surface area contributed by atoms with Crippen LogP contribution in [0.5, 0.6) is 5.88 Å². The van der Waals surface area contributed by atoms with Crippen molar-refractivity contribution in [2.24, 2.45) is 0 Å². The molecule has 0 saturated heterocycles. The van der Waals surface area contributed by atoms with Crippen molar-refractivity contribution in [3.63, 3.8) is 0 Å². The highest BCUT2D eigenvalue weighted by molar-refractivity contribution is 14.1. The number of hydrogen-bond donors (Lipinski definition) is 2. The number of hydrogen-bond acceptors (Lipinski definition) is 4. The topological polar surface area (TPSA) is 91.8 Å². The van der Waals surface area contributed by atoms with Gasteiger partial charge in [0.2, 0.25) is 11.8 Å². The zero-order chi connectivity index (χ0) is 15.7. The van der Waals surface area contributed by atoms with Crippen molar-refractivity contribution >= 4 is 34.6 Å². The molecule has 114 valence electrons. The molecule has 21 heavy (non-hydrogen) atoms. The van der Waals surface area contributed by atoms with Gasteiger partial charge in [-0.1, -0.05) is 6.08 Å². The second-order valence-corrected chi connectivity index (χ2v) is 5.15. The van der Waals surface area contributed by atoms with Crippen molar-refractivity contribution < 1.29 is 19.4 Å². The molecule has 1 heterocycles. The van der Waals surface area contributed by atoms with Crippen LogP contribution in [0.25, 0.3) is 0 Å². The minimum Gasteiger partial charge on any atom is -0.476 e. The number of nitrogens with zero attached hydrogens (tertiary/aromatic N) is 2. The normalized spacial score (nSPS) is 10.4. The minimum atomic E-state index is -1.07. The van der Waals surface area contributed by atoms with Gasteiger partial charge in [0, 0.05) is 35.5 Å². The molecule has 0 saturated carbocycles. The molecule has 0 bridgehead atoms. The first kappa shape index (κ1) is 17.2. The maximum absolute atomic E-state index is 11.1. The number of carbonyl (C=O) groups is 2. The Morgan fingerprint density at radius 1 is 1.52 bits per heavy atom. The van der Waals surface area contributed by atoms with E-state index in [4.69, 9.17) is 9.84 Å². The Labute approximate surface area is 136 Å². The first-order valence-corrected chi connectivity index (χ1v) is 7.21. The molecule has 7 nitrogen and oxygen atoms in total. The van der Waals surface area contributed by atoms with Crippen LogP contribution in [0.1, 0.15) is 0 Å². The molecule has 0 spiro atoms. The first-order chi connectivity index (χ1) is 10.0. The lowest BCUT2D eigenvalue weighted by atomic mass is 10.4. The Balaban J connectivity index is 2.40. The van der Waals surface area contributed by atoms with Crippen molar-refractivity contribution in [2.75, 3.05) is 26.7 Å². The molecule has 0 aliphatic rings. The number of pyridine rings is 1. The van der Waals surface area contributed by atoms with E-state index in [1.54, 1.807) is 12.3 Å². The van der Waals surface area contributed by atoms with Gasteiger partial charge >= 0.3 is 6.09 Å². The number of aromatic nitrogens is 1. The number of ether oxygens (including phenoxy) is 1. The summed E-state index contributed by atoms with van der Waals surface area (Å²) in [6, 6.07) is 3.57. The van der Waals surface area contributed by atoms with E-state index >= 15 is 0 Å². The lowest BCUT2D eigenvalue weighted by Gasteiger charge is -2.17. The summed E-state index contributed by atoms with van der Waals surface area (Å²) in [5.41, 5.74) is 0. The van der Waals surface area contributed by atoms with Crippen molar-refractivity contribution in [3.8, 4) is 5.88 Å². The molecule has 2 amide bonds. The van der Waals surface area contributed by atoms with E-state index in [2.05, 4.69) is 32.9 Å². The average Bonchev–Trinajstić information content (AvgIpc) is 2.47. The van der Waals surface area contributed by atoms with Gasteiger partial charge in [-0.15, -0.1) is 0 Å². The van der Waals surface area contributed by atoms with E-state index in [0.717, 1.165) is 8.47 Å². The monoisotopic (exact) mass is 405 g/mol. The molecule has 1 rings (SSSR count). The summed E-state index contributed by atoms with van der Waals surface area (Å²) in [6.07, 6.45) is 3.36. The van der Waals surface area contributed by atoms with Gasteiger partial charge in [0.1, 0.15) is 6.61 Å². The second kappa shape index (κ2) is 9.16. The van der Waals surface area contributed by atoms with Crippen molar-refractivity contribution in [1.82, 2.24) is 15.2 Å². The first-order valence-electron chi connectivity index (χ1n) is 6.13. The van der Waals surface area contributed by atoms with E-state index < -0.39 is 6.09 Å². The zero-order valence-electron chi connectivity index (χ0n) is 11.5. The van der Waals surface area contributed by atoms with E-state index in [0.29, 0.717) is 5.88 Å². The summed E-state index contributed by atoms with van der Waals surface area (Å²) >= 11 is 2.13. The SMILES string of the molecule is CNC(=O)C=CCN(CCOc1ccc(I)cn1)C(=O)O. The van der Waals surface area contributed by atoms with Crippen LogP contribution < -0.4 is 10.1 Å². The summed E-state index contributed by atoms with van der Waals surface area (Å²) in [5, 5.41) is 11.5. The summed E-state index contributed by atoms with van der Waals surface area (Å²) in [6.45, 7) is 0.487. The highest BCUT2D eigenvalue weighted by Crippen LogP contribution is 2.09. The number of rotatable bonds is 7. The number of carboxylic acid groups (broad SMARTS) is 1. The van der Waals surface area contributed by atoms with Crippen LogP contribution in [-0.4, -0.2) is 53.7 Å². The third-order valence-electron chi connectivity index (χ3n) is 2.42. The van der Waals surface area contributed by atoms with E-state index in [1.165, 1.54) is 19.2 Å². The van der Waals surface area contributed by atoms with Gasteiger partial charge in [-0.25, -0.2) is 9.78 Å². The molecule has 0 unspecified atom stereocenters. The molecule has 0 aliphatic carbocycles. The maximum atomic E-state index is 11.1. The van der Waals surface area contributed by atoms with E-state index in [9.17, 15) is 9.59 Å². The van der Waals surface area contributed by atoms with Gasteiger partial charge in [-0.05, 0) is 28.7 Å². The molecular formula is C13H16IN3O4. The van der Waals surface area contributed by atoms with Crippen LogP contribution >= 0.6 is 22.6 Å². The lowest BCUT2D eigenvalue weighted by Crippen LogP contribution is -2.33. The second-order valence-electron chi connectivity index (χ2n) is 3.91. The molecular weight excluding hydrogens is 389 g/mol. The van der Waals surface area contributed by atoms with Crippen LogP contribution in [0, 0.1) is 3.57 Å². The fourth-order valence-electron chi connectivity index (χ4n) is 1.34. The average molecular weight is 405 g/mol. The fraction of sp³-hybridized carbons (Fsp3) is 0.308. The number of nitrogens with one attached hydrogen (secondary N) is 1. The van der Waals surface area contributed by atoms with Gasteiger partial charge in [0.15, 0.2) is 0 Å². The van der Waals surface area contributed by atoms with Crippen molar-refractivity contribution in [2.45, 2.75) is 0 Å². The molecule has 1 aromatic rings. The highest BCUT2D eigenvalue weighted by atomic mass is 127. The molecule has 0 aliphatic heterocycles. The molecule has 8 heteroatoms. The van der Waals surface area contributed by atoms with Crippen LogP contribution in [-0.2, 0) is 4.79 Å².